The summed E-state index contributed by atoms with van der Waals surface area (Å²) in [5.41, 5.74) is 4.04. The van der Waals surface area contributed by atoms with Crippen molar-refractivity contribution in [1.82, 2.24) is 0 Å². The minimum atomic E-state index is -4.53. The minimum Gasteiger partial charge on any atom is -0.390 e. The molecule has 0 aromatic heterocycles. The SMILES string of the molecule is N[C@H](c1ccc(C(F)(F)F)cc1)C(F)(F)CO. The van der Waals surface area contributed by atoms with Crippen LogP contribution in [0.1, 0.15) is 17.2 Å². The van der Waals surface area contributed by atoms with E-state index in [0.29, 0.717) is 12.1 Å². The van der Waals surface area contributed by atoms with Gasteiger partial charge in [0.15, 0.2) is 0 Å². The van der Waals surface area contributed by atoms with E-state index in [-0.39, 0.29) is 5.56 Å². The van der Waals surface area contributed by atoms with Gasteiger partial charge < -0.3 is 10.8 Å². The Labute approximate surface area is 93.9 Å². The Kier molecular flexibility index (Phi) is 3.73. The maximum atomic E-state index is 13.0. The van der Waals surface area contributed by atoms with Crippen LogP contribution in [0.4, 0.5) is 22.0 Å². The van der Waals surface area contributed by atoms with Crippen LogP contribution in [0.3, 0.4) is 0 Å². The van der Waals surface area contributed by atoms with Crippen LogP contribution in [0.2, 0.25) is 0 Å². The van der Waals surface area contributed by atoms with Gasteiger partial charge in [0.25, 0.3) is 5.92 Å². The van der Waals surface area contributed by atoms with Gasteiger partial charge in [-0.1, -0.05) is 12.1 Å². The van der Waals surface area contributed by atoms with Crippen molar-refractivity contribution in [3.8, 4) is 0 Å². The number of benzene rings is 1. The first-order chi connectivity index (χ1) is 7.68. The molecule has 0 aliphatic carbocycles. The Bertz CT molecular complexity index is 373. The Morgan fingerprint density at radius 3 is 1.88 bits per heavy atom. The zero-order valence-corrected chi connectivity index (χ0v) is 8.51. The van der Waals surface area contributed by atoms with Crippen LogP contribution in [0.25, 0.3) is 0 Å². The van der Waals surface area contributed by atoms with E-state index in [1.807, 2.05) is 0 Å². The van der Waals surface area contributed by atoms with Gasteiger partial charge in [-0.2, -0.15) is 13.2 Å². The summed E-state index contributed by atoms with van der Waals surface area (Å²) in [6.45, 7) is -1.46. The molecule has 0 radical (unpaired) electrons. The van der Waals surface area contributed by atoms with E-state index in [2.05, 4.69) is 0 Å². The van der Waals surface area contributed by atoms with Crippen molar-refractivity contribution >= 4 is 0 Å². The number of aliphatic hydroxyl groups excluding tert-OH is 1. The molecule has 17 heavy (non-hydrogen) atoms. The molecule has 0 saturated heterocycles. The summed E-state index contributed by atoms with van der Waals surface area (Å²) in [6.07, 6.45) is -4.53. The van der Waals surface area contributed by atoms with Gasteiger partial charge in [0.05, 0.1) is 11.6 Å². The van der Waals surface area contributed by atoms with Crippen molar-refractivity contribution < 1.29 is 27.1 Å². The maximum absolute atomic E-state index is 13.0. The van der Waals surface area contributed by atoms with Crippen molar-refractivity contribution in [3.05, 3.63) is 35.4 Å². The fourth-order valence-electron chi connectivity index (χ4n) is 1.22. The van der Waals surface area contributed by atoms with Crippen LogP contribution in [0, 0.1) is 0 Å². The molecule has 1 aromatic rings. The average molecular weight is 255 g/mol. The second-order valence-corrected chi connectivity index (χ2v) is 3.52. The summed E-state index contributed by atoms with van der Waals surface area (Å²) in [4.78, 5) is 0. The molecule has 2 nitrogen and oxygen atoms in total. The molecule has 0 saturated carbocycles. The van der Waals surface area contributed by atoms with Crippen molar-refractivity contribution in [2.24, 2.45) is 5.73 Å². The molecule has 96 valence electrons. The topological polar surface area (TPSA) is 46.2 Å². The first-order valence-electron chi connectivity index (χ1n) is 4.60. The Balaban J connectivity index is 2.96. The molecule has 0 aliphatic heterocycles. The lowest BCUT2D eigenvalue weighted by Gasteiger charge is -2.21. The van der Waals surface area contributed by atoms with Gasteiger partial charge in [-0.25, -0.2) is 8.78 Å². The van der Waals surface area contributed by atoms with E-state index in [1.54, 1.807) is 0 Å². The van der Waals surface area contributed by atoms with Crippen LogP contribution >= 0.6 is 0 Å². The van der Waals surface area contributed by atoms with Crippen molar-refractivity contribution in [3.63, 3.8) is 0 Å². The van der Waals surface area contributed by atoms with E-state index < -0.39 is 30.3 Å². The molecule has 0 aliphatic rings. The van der Waals surface area contributed by atoms with Gasteiger partial charge in [-0.3, -0.25) is 0 Å². The standard InChI is InChI=1S/C10H10F5NO/c11-9(12,5-17)8(16)6-1-3-7(4-2-6)10(13,14)15/h1-4,8,17H,5,16H2/t8-/m1/s1. The largest absolute Gasteiger partial charge is 0.416 e. The van der Waals surface area contributed by atoms with E-state index in [4.69, 9.17) is 10.8 Å². The zero-order chi connectivity index (χ0) is 13.3. The van der Waals surface area contributed by atoms with Crippen LogP contribution in [0.15, 0.2) is 24.3 Å². The second kappa shape index (κ2) is 4.58. The van der Waals surface area contributed by atoms with Crippen LogP contribution < -0.4 is 5.73 Å². The van der Waals surface area contributed by atoms with Crippen molar-refractivity contribution in [2.75, 3.05) is 6.61 Å². The molecule has 1 rings (SSSR count). The molecule has 1 aromatic carbocycles. The third-order valence-corrected chi connectivity index (χ3v) is 2.26. The van der Waals surface area contributed by atoms with Gasteiger partial charge in [-0.15, -0.1) is 0 Å². The normalized spacial score (nSPS) is 14.8. The Morgan fingerprint density at radius 2 is 1.53 bits per heavy atom. The fraction of sp³-hybridized carbons (Fsp3) is 0.400. The molecule has 0 heterocycles. The second-order valence-electron chi connectivity index (χ2n) is 3.52. The molecule has 0 spiro atoms. The number of hydrogen-bond donors (Lipinski definition) is 2. The number of aliphatic hydroxyl groups is 1. The third kappa shape index (κ3) is 3.13. The lowest BCUT2D eigenvalue weighted by atomic mass is 10.0. The van der Waals surface area contributed by atoms with Crippen LogP contribution in [-0.2, 0) is 6.18 Å². The number of hydrogen-bond acceptors (Lipinski definition) is 2. The van der Waals surface area contributed by atoms with E-state index >= 15 is 0 Å². The summed E-state index contributed by atoms with van der Waals surface area (Å²) >= 11 is 0. The minimum absolute atomic E-state index is 0.169. The fourth-order valence-corrected chi connectivity index (χ4v) is 1.22. The average Bonchev–Trinajstić information content (AvgIpc) is 2.27. The number of nitrogens with two attached hydrogens (primary N) is 1. The highest BCUT2D eigenvalue weighted by Crippen LogP contribution is 2.32. The van der Waals surface area contributed by atoms with Crippen LogP contribution in [-0.4, -0.2) is 17.6 Å². The Hall–Kier alpha value is -1.21. The van der Waals surface area contributed by atoms with E-state index in [9.17, 15) is 22.0 Å². The number of halogens is 5. The molecular weight excluding hydrogens is 245 g/mol. The predicted molar refractivity (Wildman–Crippen MR) is 50.4 cm³/mol. The molecule has 1 atom stereocenters. The quantitative estimate of drug-likeness (QED) is 0.814. The van der Waals surface area contributed by atoms with Gasteiger partial charge in [0.1, 0.15) is 6.61 Å². The third-order valence-electron chi connectivity index (χ3n) is 2.26. The predicted octanol–water partition coefficient (Wildman–Crippen LogP) is 2.33. The van der Waals surface area contributed by atoms with E-state index in [1.165, 1.54) is 0 Å². The summed E-state index contributed by atoms with van der Waals surface area (Å²) in [6, 6.07) is 1.24. The lowest BCUT2D eigenvalue weighted by Crippen LogP contribution is -2.36. The monoisotopic (exact) mass is 255 g/mol. The first kappa shape index (κ1) is 13.9. The van der Waals surface area contributed by atoms with Crippen LogP contribution in [0.5, 0.6) is 0 Å². The molecule has 0 unspecified atom stereocenters. The summed E-state index contributed by atoms with van der Waals surface area (Å²) in [5.74, 6) is -3.57. The summed E-state index contributed by atoms with van der Waals surface area (Å²) < 4.78 is 62.5. The maximum Gasteiger partial charge on any atom is 0.416 e. The summed E-state index contributed by atoms with van der Waals surface area (Å²) in [7, 11) is 0. The number of rotatable bonds is 3. The van der Waals surface area contributed by atoms with Crippen molar-refractivity contribution in [2.45, 2.75) is 18.1 Å². The lowest BCUT2D eigenvalue weighted by molar-refractivity contribution is -0.137. The first-order valence-corrected chi connectivity index (χ1v) is 4.60. The molecule has 3 N–H and O–H groups in total. The van der Waals surface area contributed by atoms with Crippen molar-refractivity contribution in [1.29, 1.82) is 0 Å². The molecule has 0 fully saturated rings. The Morgan fingerprint density at radius 1 is 1.06 bits per heavy atom. The highest BCUT2D eigenvalue weighted by Gasteiger charge is 2.38. The van der Waals surface area contributed by atoms with Gasteiger partial charge in [-0.05, 0) is 17.7 Å². The number of alkyl halides is 5. The molecule has 0 bridgehead atoms. The van der Waals surface area contributed by atoms with Gasteiger partial charge >= 0.3 is 6.18 Å². The van der Waals surface area contributed by atoms with Gasteiger partial charge in [0, 0.05) is 0 Å². The molecular formula is C10H10F5NO. The molecule has 7 heteroatoms. The highest BCUT2D eigenvalue weighted by molar-refractivity contribution is 5.27. The van der Waals surface area contributed by atoms with E-state index in [0.717, 1.165) is 12.1 Å². The molecule has 0 amide bonds. The van der Waals surface area contributed by atoms with Gasteiger partial charge in [0.2, 0.25) is 0 Å². The zero-order valence-electron chi connectivity index (χ0n) is 8.51. The highest BCUT2D eigenvalue weighted by atomic mass is 19.4. The summed E-state index contributed by atoms with van der Waals surface area (Å²) in [5, 5.41) is 8.40. The smallest absolute Gasteiger partial charge is 0.390 e.